The van der Waals surface area contributed by atoms with Gasteiger partial charge in [-0.2, -0.15) is 0 Å². The van der Waals surface area contributed by atoms with E-state index in [0.29, 0.717) is 0 Å². The molecule has 0 fully saturated rings. The molecule has 0 aliphatic carbocycles. The van der Waals surface area contributed by atoms with Gasteiger partial charge in [-0.3, -0.25) is 0 Å². The third kappa shape index (κ3) is 5880. The van der Waals surface area contributed by atoms with Crippen molar-refractivity contribution >= 4 is 0 Å². The van der Waals surface area contributed by atoms with Crippen LogP contribution in [-0.4, -0.2) is 93.1 Å². The molecule has 0 heterocycles. The van der Waals surface area contributed by atoms with E-state index in [0.717, 1.165) is 0 Å². The molecule has 17 heteroatoms. The minimum Gasteiger partial charge on any atom is -0.412 e. The lowest BCUT2D eigenvalue weighted by molar-refractivity contribution is 0.823. The second-order valence-corrected chi connectivity index (χ2v) is 0. The van der Waals surface area contributed by atoms with Crippen molar-refractivity contribution in [3.63, 3.8) is 0 Å². The summed E-state index contributed by atoms with van der Waals surface area (Å²) in [5.74, 6) is 0. The van der Waals surface area contributed by atoms with Gasteiger partial charge in [0.05, 0.1) is 0 Å². The average Bonchev–Trinajstić information content (AvgIpc) is 0. The summed E-state index contributed by atoms with van der Waals surface area (Å²) >= 11 is 0. The fraction of sp³-hybridized carbons (Fsp3) is 0. The third-order valence-corrected chi connectivity index (χ3v) is 0. The van der Waals surface area contributed by atoms with Crippen molar-refractivity contribution in [2.24, 2.45) is 0 Å². The summed E-state index contributed by atoms with van der Waals surface area (Å²) in [5, 5.41) is 0. The maximum absolute atomic E-state index is 0. The standard InChI is InChI=1S/17H2O/h17*1H2. The predicted octanol–water partition coefficient (Wildman–Crippen LogP) is -14.0. The molecular weight excluding hydrogens is 272 g/mol. The molecule has 0 aliphatic rings. The van der Waals surface area contributed by atoms with Crippen molar-refractivity contribution in [1.29, 1.82) is 0 Å². The van der Waals surface area contributed by atoms with E-state index in [-0.39, 0.29) is 93.1 Å². The summed E-state index contributed by atoms with van der Waals surface area (Å²) in [5.41, 5.74) is 0. The molecule has 0 aliphatic heterocycles. The number of rotatable bonds is 0. The van der Waals surface area contributed by atoms with Gasteiger partial charge in [0, 0.05) is 0 Å². The zero-order valence-corrected chi connectivity index (χ0v) is 8.50. The maximum Gasteiger partial charge on any atom is -0.412 e. The van der Waals surface area contributed by atoms with Gasteiger partial charge in [0.2, 0.25) is 0 Å². The lowest BCUT2D eigenvalue weighted by Gasteiger charge is -0.413. The van der Waals surface area contributed by atoms with Crippen LogP contribution in [0, 0.1) is 0 Å². The lowest BCUT2D eigenvalue weighted by Crippen LogP contribution is -0.290. The SMILES string of the molecule is O.O.O.O.O.O.O.O.O.O.O.O.O.O.O.O.O. The van der Waals surface area contributed by atoms with Crippen molar-refractivity contribution in [1.82, 2.24) is 0 Å². The molecule has 0 amide bonds. The smallest absolute Gasteiger partial charge is 0.412 e. The second kappa shape index (κ2) is 6790. The Hall–Kier alpha value is -0.680. The summed E-state index contributed by atoms with van der Waals surface area (Å²) in [6.07, 6.45) is 0. The van der Waals surface area contributed by atoms with Crippen LogP contribution in [0.25, 0.3) is 0 Å². The first-order valence-electron chi connectivity index (χ1n) is 0. The quantitative estimate of drug-likeness (QED) is 0.401. The molecule has 136 valence electrons. The normalized spacial score (nSPS) is 0. The van der Waals surface area contributed by atoms with Crippen molar-refractivity contribution in [3.8, 4) is 0 Å². The van der Waals surface area contributed by atoms with Crippen molar-refractivity contribution in [3.05, 3.63) is 0 Å². The highest BCUT2D eigenvalue weighted by molar-refractivity contribution is 0.840. The number of hydrogen-bond acceptors (Lipinski definition) is 0. The molecule has 0 radical (unpaired) electrons. The van der Waals surface area contributed by atoms with Gasteiger partial charge in [0.15, 0.2) is 0 Å². The Labute approximate surface area is 94.5 Å². The van der Waals surface area contributed by atoms with E-state index in [1.807, 2.05) is 0 Å². The zero-order chi connectivity index (χ0) is 0. The van der Waals surface area contributed by atoms with E-state index in [1.54, 1.807) is 0 Å². The van der Waals surface area contributed by atoms with Gasteiger partial charge in [-0.25, -0.2) is 0 Å². The van der Waals surface area contributed by atoms with Crippen LogP contribution in [0.2, 0.25) is 0 Å². The second-order valence-electron chi connectivity index (χ2n) is 0. The molecule has 0 aromatic heterocycles. The summed E-state index contributed by atoms with van der Waals surface area (Å²) in [4.78, 5) is 0. The molecule has 0 atom stereocenters. The molecule has 0 aromatic rings. The monoisotopic (exact) mass is 306 g/mol. The summed E-state index contributed by atoms with van der Waals surface area (Å²) < 4.78 is 0. The first-order valence-corrected chi connectivity index (χ1v) is 0. The van der Waals surface area contributed by atoms with Gasteiger partial charge in [0.1, 0.15) is 0 Å². The van der Waals surface area contributed by atoms with Crippen LogP contribution in [0.1, 0.15) is 0 Å². The fourth-order valence-corrected chi connectivity index (χ4v) is 0. The molecule has 0 bridgehead atoms. The molecule has 34 N–H and O–H groups in total. The number of hydrogen-bond donors (Lipinski definition) is 0. The van der Waals surface area contributed by atoms with Crippen LogP contribution >= 0.6 is 0 Å². The largest absolute Gasteiger partial charge is 0.412 e. The Morgan fingerprint density at radius 1 is 0.0588 bits per heavy atom. The van der Waals surface area contributed by atoms with Gasteiger partial charge >= 0.3 is 0 Å². The summed E-state index contributed by atoms with van der Waals surface area (Å²) in [7, 11) is 0. The van der Waals surface area contributed by atoms with Gasteiger partial charge in [0.25, 0.3) is 0 Å². The average molecular weight is 306 g/mol. The van der Waals surface area contributed by atoms with Crippen LogP contribution in [0.4, 0.5) is 0 Å². The minimum atomic E-state index is 0. The van der Waals surface area contributed by atoms with Gasteiger partial charge in [-0.1, -0.05) is 0 Å². The van der Waals surface area contributed by atoms with Crippen molar-refractivity contribution in [2.45, 2.75) is 0 Å². The molecule has 17 heavy (non-hydrogen) atoms. The van der Waals surface area contributed by atoms with Crippen LogP contribution in [-0.2, 0) is 0 Å². The minimum absolute atomic E-state index is 0. The van der Waals surface area contributed by atoms with E-state index in [4.69, 9.17) is 0 Å². The third-order valence-electron chi connectivity index (χ3n) is 0. The maximum atomic E-state index is 0. The van der Waals surface area contributed by atoms with Crippen LogP contribution in [0.5, 0.6) is 0 Å². The van der Waals surface area contributed by atoms with Crippen molar-refractivity contribution in [2.75, 3.05) is 0 Å². The first kappa shape index (κ1) is 8280. The topological polar surface area (TPSA) is 536 Å². The molecule has 0 spiro atoms. The van der Waals surface area contributed by atoms with Gasteiger partial charge in [-0.15, -0.1) is 0 Å². The predicted molar refractivity (Wildman–Crippen MR) is 61.4 cm³/mol. The van der Waals surface area contributed by atoms with Gasteiger partial charge < -0.3 is 93.1 Å². The molecule has 0 saturated heterocycles. The van der Waals surface area contributed by atoms with Crippen LogP contribution in [0.15, 0.2) is 0 Å². The Kier molecular flexibility index (Phi) is 3310000. The molecule has 0 unspecified atom stereocenters. The highest BCUT2D eigenvalue weighted by Crippen LogP contribution is -0.273. The Morgan fingerprint density at radius 3 is 0.0588 bits per heavy atom. The van der Waals surface area contributed by atoms with Crippen LogP contribution < -0.4 is 0 Å². The first-order chi connectivity index (χ1) is 0. The fourth-order valence-electron chi connectivity index (χ4n) is 0. The van der Waals surface area contributed by atoms with Crippen LogP contribution in [0.3, 0.4) is 0 Å². The molecular formula is H34O17. The van der Waals surface area contributed by atoms with Crippen molar-refractivity contribution < 1.29 is 93.1 Å². The van der Waals surface area contributed by atoms with E-state index in [9.17, 15) is 0 Å². The van der Waals surface area contributed by atoms with E-state index >= 15 is 0 Å². The summed E-state index contributed by atoms with van der Waals surface area (Å²) in [6, 6.07) is 0. The van der Waals surface area contributed by atoms with E-state index < -0.39 is 0 Å². The Bertz CT molecular complexity index is 0. The zero-order valence-electron chi connectivity index (χ0n) is 8.50. The molecule has 0 saturated carbocycles. The van der Waals surface area contributed by atoms with E-state index in [2.05, 4.69) is 0 Å². The molecule has 0 aromatic carbocycles. The Morgan fingerprint density at radius 2 is 0.0588 bits per heavy atom. The molecule has 0 rings (SSSR count). The highest BCUT2D eigenvalue weighted by atomic mass is 16.0. The summed E-state index contributed by atoms with van der Waals surface area (Å²) in [6.45, 7) is 0. The Balaban J connectivity index is 0. The van der Waals surface area contributed by atoms with Gasteiger partial charge in [-0.05, 0) is 0 Å². The van der Waals surface area contributed by atoms with E-state index in [1.165, 1.54) is 0 Å². The molecule has 17 nitrogen and oxygen atoms in total. The lowest BCUT2D eigenvalue weighted by atomic mass is 16.0. The highest BCUT2D eigenvalue weighted by Gasteiger charge is -0.396.